The van der Waals surface area contributed by atoms with Crippen LogP contribution in [-0.2, 0) is 13.8 Å². The molecule has 0 radical (unpaired) electrons. The van der Waals surface area contributed by atoms with Crippen LogP contribution in [0.25, 0.3) is 0 Å². The summed E-state index contributed by atoms with van der Waals surface area (Å²) in [5.41, 5.74) is -0.708. The number of likely N-dealkylation sites (tertiary alicyclic amines) is 1. The van der Waals surface area contributed by atoms with E-state index in [4.69, 9.17) is 15.4 Å². The van der Waals surface area contributed by atoms with Gasteiger partial charge >= 0.3 is 6.09 Å². The van der Waals surface area contributed by atoms with Crippen LogP contribution < -0.4 is 0 Å². The summed E-state index contributed by atoms with van der Waals surface area (Å²) in [6.07, 6.45) is -2.41. The Morgan fingerprint density at radius 3 is 2.29 bits per heavy atom. The van der Waals surface area contributed by atoms with Gasteiger partial charge in [-0.1, -0.05) is 0 Å². The summed E-state index contributed by atoms with van der Waals surface area (Å²) in [5.74, 6) is 0. The Hall–Kier alpha value is -0.560. The highest BCUT2D eigenvalue weighted by molar-refractivity contribution is 8.14. The van der Waals surface area contributed by atoms with Gasteiger partial charge in [0.2, 0.25) is 9.05 Å². The van der Waals surface area contributed by atoms with Gasteiger partial charge in [0.1, 0.15) is 17.0 Å². The zero-order chi connectivity index (χ0) is 13.4. The molecule has 1 aliphatic heterocycles. The fourth-order valence-corrected chi connectivity index (χ4v) is 2.78. The first-order valence-electron chi connectivity index (χ1n) is 5.06. The van der Waals surface area contributed by atoms with Gasteiger partial charge in [-0.2, -0.15) is 0 Å². The van der Waals surface area contributed by atoms with Crippen molar-refractivity contribution in [2.75, 3.05) is 13.1 Å². The van der Waals surface area contributed by atoms with E-state index in [0.29, 0.717) is 0 Å². The normalized spacial score (nSPS) is 26.1. The zero-order valence-electron chi connectivity index (χ0n) is 9.81. The van der Waals surface area contributed by atoms with Crippen molar-refractivity contribution >= 4 is 25.8 Å². The minimum Gasteiger partial charge on any atom is -0.444 e. The molecule has 1 aliphatic rings. The van der Waals surface area contributed by atoms with Crippen molar-refractivity contribution in [2.24, 2.45) is 0 Å². The van der Waals surface area contributed by atoms with E-state index >= 15 is 0 Å². The summed E-state index contributed by atoms with van der Waals surface area (Å²) in [5, 5.41) is -1.38. The largest absolute Gasteiger partial charge is 0.444 e. The second-order valence-electron chi connectivity index (χ2n) is 4.92. The molecular weight excluding hydrogens is 273 g/mol. The van der Waals surface area contributed by atoms with E-state index < -0.39 is 32.2 Å². The molecule has 1 heterocycles. The molecule has 1 rings (SSSR count). The van der Waals surface area contributed by atoms with Gasteiger partial charge in [-0.3, -0.25) is 0 Å². The number of carbonyl (C=O) groups excluding carboxylic acids is 1. The van der Waals surface area contributed by atoms with Crippen LogP contribution in [0, 0.1) is 0 Å². The Kier molecular flexibility index (Phi) is 3.93. The highest BCUT2D eigenvalue weighted by Crippen LogP contribution is 2.24. The molecule has 0 aromatic carbocycles. The topological polar surface area (TPSA) is 63.7 Å². The maximum absolute atomic E-state index is 13.4. The van der Waals surface area contributed by atoms with E-state index in [1.165, 1.54) is 0 Å². The summed E-state index contributed by atoms with van der Waals surface area (Å²) in [4.78, 5) is 12.6. The van der Waals surface area contributed by atoms with Crippen molar-refractivity contribution in [1.29, 1.82) is 0 Å². The Morgan fingerprint density at radius 1 is 1.41 bits per heavy atom. The van der Waals surface area contributed by atoms with E-state index in [1.54, 1.807) is 20.8 Å². The first-order valence-corrected chi connectivity index (χ1v) is 7.43. The second kappa shape index (κ2) is 4.61. The number of halogens is 2. The van der Waals surface area contributed by atoms with Crippen LogP contribution in [0.3, 0.4) is 0 Å². The molecule has 0 saturated carbocycles. The first kappa shape index (κ1) is 14.5. The molecule has 0 aromatic rings. The minimum atomic E-state index is -4.01. The molecule has 8 heteroatoms. The van der Waals surface area contributed by atoms with Crippen LogP contribution in [0.15, 0.2) is 0 Å². The van der Waals surface area contributed by atoms with E-state index in [0.717, 1.165) is 4.90 Å². The monoisotopic (exact) mass is 287 g/mol. The number of carbonyl (C=O) groups is 1. The molecule has 2 atom stereocenters. The van der Waals surface area contributed by atoms with Gasteiger partial charge in [-0.05, 0) is 20.8 Å². The number of rotatable bonds is 1. The lowest BCUT2D eigenvalue weighted by Crippen LogP contribution is -2.36. The number of nitrogens with zero attached hydrogens (tertiary/aromatic N) is 1. The molecule has 100 valence electrons. The Morgan fingerprint density at radius 2 is 1.94 bits per heavy atom. The van der Waals surface area contributed by atoms with Crippen LogP contribution in [0.1, 0.15) is 20.8 Å². The molecule has 0 N–H and O–H groups in total. The van der Waals surface area contributed by atoms with Gasteiger partial charge in [0, 0.05) is 17.2 Å². The lowest BCUT2D eigenvalue weighted by molar-refractivity contribution is 0.0284. The molecule has 1 saturated heterocycles. The second-order valence-corrected chi connectivity index (χ2v) is 7.76. The summed E-state index contributed by atoms with van der Waals surface area (Å²) in [7, 11) is 1.08. The van der Waals surface area contributed by atoms with Gasteiger partial charge in [0.25, 0.3) is 0 Å². The SMILES string of the molecule is CC(C)(C)OC(=O)N1C[C@@H](F)[C@H](S(=O)(=O)Cl)C1. The number of amides is 1. The molecule has 5 nitrogen and oxygen atoms in total. The van der Waals surface area contributed by atoms with E-state index in [2.05, 4.69) is 0 Å². The van der Waals surface area contributed by atoms with Crippen LogP contribution in [0.5, 0.6) is 0 Å². The van der Waals surface area contributed by atoms with Gasteiger partial charge in [-0.15, -0.1) is 0 Å². The van der Waals surface area contributed by atoms with Crippen LogP contribution in [0.4, 0.5) is 9.18 Å². The Bertz CT molecular complexity index is 406. The average Bonchev–Trinajstić information content (AvgIpc) is 2.42. The van der Waals surface area contributed by atoms with Crippen molar-refractivity contribution in [3.05, 3.63) is 0 Å². The summed E-state index contributed by atoms with van der Waals surface area (Å²) in [6, 6.07) is 0. The van der Waals surface area contributed by atoms with Gasteiger partial charge in [-0.25, -0.2) is 17.6 Å². The van der Waals surface area contributed by atoms with Crippen molar-refractivity contribution in [3.63, 3.8) is 0 Å². The Labute approximate surface area is 104 Å². The molecule has 0 bridgehead atoms. The Balaban J connectivity index is 2.70. The fraction of sp³-hybridized carbons (Fsp3) is 0.889. The van der Waals surface area contributed by atoms with Crippen LogP contribution in [-0.4, -0.2) is 49.5 Å². The maximum atomic E-state index is 13.4. The molecule has 0 spiro atoms. The molecule has 0 unspecified atom stereocenters. The molecule has 1 fully saturated rings. The first-order chi connectivity index (χ1) is 7.50. The quantitative estimate of drug-likeness (QED) is 0.686. The lowest BCUT2D eigenvalue weighted by Gasteiger charge is -2.24. The summed E-state index contributed by atoms with van der Waals surface area (Å²) >= 11 is 0. The minimum absolute atomic E-state index is 0.276. The third kappa shape index (κ3) is 3.99. The zero-order valence-corrected chi connectivity index (χ0v) is 11.4. The van der Waals surface area contributed by atoms with Crippen molar-refractivity contribution in [1.82, 2.24) is 4.90 Å². The number of alkyl halides is 1. The predicted molar refractivity (Wildman–Crippen MR) is 61.3 cm³/mol. The van der Waals surface area contributed by atoms with Gasteiger partial charge in [0.15, 0.2) is 0 Å². The molecule has 17 heavy (non-hydrogen) atoms. The average molecular weight is 288 g/mol. The van der Waals surface area contributed by atoms with E-state index in [9.17, 15) is 17.6 Å². The third-order valence-electron chi connectivity index (χ3n) is 2.21. The summed E-state index contributed by atoms with van der Waals surface area (Å²) < 4.78 is 40.5. The van der Waals surface area contributed by atoms with Crippen molar-refractivity contribution < 1.29 is 22.3 Å². The smallest absolute Gasteiger partial charge is 0.410 e. The standard InChI is InChI=1S/C9H15ClFNO4S/c1-9(2,3)16-8(13)12-4-6(11)7(5-12)17(10,14)15/h6-7H,4-5H2,1-3H3/t6-,7-/m1/s1. The van der Waals surface area contributed by atoms with E-state index in [1.807, 2.05) is 0 Å². The predicted octanol–water partition coefficient (Wildman–Crippen LogP) is 1.51. The third-order valence-corrected chi connectivity index (χ3v) is 4.07. The highest BCUT2D eigenvalue weighted by atomic mass is 35.7. The number of hydrogen-bond acceptors (Lipinski definition) is 4. The van der Waals surface area contributed by atoms with Crippen LogP contribution in [0.2, 0.25) is 0 Å². The van der Waals surface area contributed by atoms with Gasteiger partial charge < -0.3 is 9.64 Å². The number of hydrogen-bond donors (Lipinski definition) is 0. The van der Waals surface area contributed by atoms with Crippen molar-refractivity contribution in [3.8, 4) is 0 Å². The molecule has 1 amide bonds. The fourth-order valence-electron chi connectivity index (χ4n) is 1.48. The van der Waals surface area contributed by atoms with Crippen molar-refractivity contribution in [2.45, 2.75) is 37.8 Å². The van der Waals surface area contributed by atoms with Gasteiger partial charge in [0.05, 0.1) is 6.54 Å². The molecule has 0 aliphatic carbocycles. The summed E-state index contributed by atoms with van der Waals surface area (Å²) in [6.45, 7) is 4.42. The number of ether oxygens (including phenoxy) is 1. The van der Waals surface area contributed by atoms with E-state index in [-0.39, 0.29) is 13.1 Å². The molecular formula is C9H15ClFNO4S. The molecule has 0 aromatic heterocycles. The lowest BCUT2D eigenvalue weighted by atomic mass is 10.2. The van der Waals surface area contributed by atoms with Crippen LogP contribution >= 0.6 is 10.7 Å². The maximum Gasteiger partial charge on any atom is 0.410 e. The highest BCUT2D eigenvalue weighted by Gasteiger charge is 2.43.